The standard InChI is InChI=1S/C8H8O3.C8H10O2/c1-11-8(10)6-4-2-3-5-7(6)9;1-7(9)10-8-5-3-2-4-6-8/h2-5,9H,1H3;2-7,9H,1H3. The summed E-state index contributed by atoms with van der Waals surface area (Å²) in [6.07, 6.45) is -0.734. The van der Waals surface area contributed by atoms with Gasteiger partial charge in [0.05, 0.1) is 7.11 Å². The van der Waals surface area contributed by atoms with E-state index >= 15 is 0 Å². The molecule has 2 rings (SSSR count). The van der Waals surface area contributed by atoms with Gasteiger partial charge in [0.2, 0.25) is 0 Å². The minimum absolute atomic E-state index is 0.0562. The molecule has 2 aromatic rings. The molecule has 2 N–H and O–H groups in total. The van der Waals surface area contributed by atoms with Gasteiger partial charge in [-0.05, 0) is 31.2 Å². The smallest absolute Gasteiger partial charge is 0.341 e. The highest BCUT2D eigenvalue weighted by molar-refractivity contribution is 5.92. The summed E-state index contributed by atoms with van der Waals surface area (Å²) in [5.41, 5.74) is 0.190. The first-order valence-electron chi connectivity index (χ1n) is 6.30. The van der Waals surface area contributed by atoms with Crippen LogP contribution < -0.4 is 4.74 Å². The fourth-order valence-electron chi connectivity index (χ4n) is 1.45. The number of hydrogen-bond acceptors (Lipinski definition) is 5. The number of hydrogen-bond donors (Lipinski definition) is 2. The second-order valence-electron chi connectivity index (χ2n) is 4.04. The van der Waals surface area contributed by atoms with Gasteiger partial charge < -0.3 is 19.7 Å². The number of aliphatic hydroxyl groups is 1. The molecule has 5 heteroatoms. The number of methoxy groups -OCH3 is 1. The van der Waals surface area contributed by atoms with Crippen LogP contribution in [0, 0.1) is 0 Å². The van der Waals surface area contributed by atoms with Crippen LogP contribution in [0.2, 0.25) is 0 Å². The Balaban J connectivity index is 0.000000211. The maximum atomic E-state index is 10.9. The topological polar surface area (TPSA) is 76.0 Å². The lowest BCUT2D eigenvalue weighted by Crippen LogP contribution is -2.08. The summed E-state index contributed by atoms with van der Waals surface area (Å²) in [5, 5.41) is 17.9. The summed E-state index contributed by atoms with van der Waals surface area (Å²) in [6.45, 7) is 1.58. The zero-order valence-electron chi connectivity index (χ0n) is 11.9. The minimum Gasteiger partial charge on any atom is -0.507 e. The molecular weight excluding hydrogens is 272 g/mol. The number of benzene rings is 2. The molecule has 1 unspecified atom stereocenters. The Morgan fingerprint density at radius 3 is 2.14 bits per heavy atom. The van der Waals surface area contributed by atoms with E-state index in [-0.39, 0.29) is 11.3 Å². The van der Waals surface area contributed by atoms with Crippen molar-refractivity contribution in [2.75, 3.05) is 7.11 Å². The second-order valence-corrected chi connectivity index (χ2v) is 4.04. The highest BCUT2D eigenvalue weighted by Crippen LogP contribution is 2.15. The van der Waals surface area contributed by atoms with E-state index in [1.807, 2.05) is 18.2 Å². The zero-order chi connectivity index (χ0) is 15.7. The number of para-hydroxylation sites is 2. The highest BCUT2D eigenvalue weighted by Gasteiger charge is 2.08. The maximum absolute atomic E-state index is 10.9. The SMILES string of the molecule is CC(O)Oc1ccccc1.COC(=O)c1ccccc1O. The number of phenols is 1. The van der Waals surface area contributed by atoms with Gasteiger partial charge in [-0.2, -0.15) is 0 Å². The molecule has 0 spiro atoms. The summed E-state index contributed by atoms with van der Waals surface area (Å²) in [6, 6.07) is 15.4. The molecule has 1 atom stereocenters. The van der Waals surface area contributed by atoms with Gasteiger partial charge in [0, 0.05) is 0 Å². The predicted octanol–water partition coefficient (Wildman–Crippen LogP) is 2.58. The third-order valence-corrected chi connectivity index (χ3v) is 2.36. The molecule has 2 aromatic carbocycles. The molecule has 5 nitrogen and oxygen atoms in total. The van der Waals surface area contributed by atoms with E-state index in [4.69, 9.17) is 14.9 Å². The Labute approximate surface area is 123 Å². The monoisotopic (exact) mass is 290 g/mol. The van der Waals surface area contributed by atoms with Crippen molar-refractivity contribution < 1.29 is 24.5 Å². The summed E-state index contributed by atoms with van der Waals surface area (Å²) < 4.78 is 9.39. The fraction of sp³-hybridized carbons (Fsp3) is 0.188. The molecule has 0 aliphatic carbocycles. The molecule has 112 valence electrons. The van der Waals surface area contributed by atoms with Gasteiger partial charge in [-0.25, -0.2) is 4.79 Å². The van der Waals surface area contributed by atoms with E-state index in [9.17, 15) is 4.79 Å². The largest absolute Gasteiger partial charge is 0.507 e. The van der Waals surface area contributed by atoms with Crippen molar-refractivity contribution in [2.45, 2.75) is 13.2 Å². The Kier molecular flexibility index (Phi) is 6.77. The van der Waals surface area contributed by atoms with Crippen LogP contribution in [-0.4, -0.2) is 29.6 Å². The van der Waals surface area contributed by atoms with Gasteiger partial charge in [-0.3, -0.25) is 0 Å². The van der Waals surface area contributed by atoms with Gasteiger partial charge in [-0.1, -0.05) is 30.3 Å². The summed E-state index contributed by atoms with van der Waals surface area (Å²) >= 11 is 0. The van der Waals surface area contributed by atoms with Crippen LogP contribution in [0.3, 0.4) is 0 Å². The quantitative estimate of drug-likeness (QED) is 0.671. The van der Waals surface area contributed by atoms with Crippen molar-refractivity contribution in [3.63, 3.8) is 0 Å². The van der Waals surface area contributed by atoms with Crippen molar-refractivity contribution in [2.24, 2.45) is 0 Å². The molecule has 0 bridgehead atoms. The Morgan fingerprint density at radius 1 is 1.05 bits per heavy atom. The minimum atomic E-state index is -0.734. The molecule has 0 amide bonds. The fourth-order valence-corrected chi connectivity index (χ4v) is 1.45. The van der Waals surface area contributed by atoms with Crippen molar-refractivity contribution in [1.29, 1.82) is 0 Å². The van der Waals surface area contributed by atoms with E-state index in [2.05, 4.69) is 4.74 Å². The molecule has 0 saturated carbocycles. The van der Waals surface area contributed by atoms with Crippen LogP contribution in [0.1, 0.15) is 17.3 Å². The zero-order valence-corrected chi connectivity index (χ0v) is 11.9. The lowest BCUT2D eigenvalue weighted by Gasteiger charge is -2.06. The number of carbonyl (C=O) groups excluding carboxylic acids is 1. The molecule has 0 aliphatic rings. The van der Waals surface area contributed by atoms with Gasteiger partial charge in [0.25, 0.3) is 0 Å². The van der Waals surface area contributed by atoms with Crippen molar-refractivity contribution >= 4 is 5.97 Å². The third kappa shape index (κ3) is 5.97. The molecule has 21 heavy (non-hydrogen) atoms. The molecule has 0 saturated heterocycles. The lowest BCUT2D eigenvalue weighted by atomic mass is 10.2. The lowest BCUT2D eigenvalue weighted by molar-refractivity contribution is -0.000297. The number of rotatable bonds is 3. The number of aromatic hydroxyl groups is 1. The van der Waals surface area contributed by atoms with Crippen LogP contribution in [0.5, 0.6) is 11.5 Å². The van der Waals surface area contributed by atoms with Crippen LogP contribution in [0.15, 0.2) is 54.6 Å². The first kappa shape index (κ1) is 16.5. The van der Waals surface area contributed by atoms with E-state index in [0.717, 1.165) is 0 Å². The van der Waals surface area contributed by atoms with Gasteiger partial charge in [-0.15, -0.1) is 0 Å². The van der Waals surface area contributed by atoms with Gasteiger partial charge >= 0.3 is 5.97 Å². The number of aliphatic hydroxyl groups excluding tert-OH is 1. The molecule has 0 aromatic heterocycles. The normalized spacial score (nSPS) is 10.8. The second kappa shape index (κ2) is 8.60. The van der Waals surface area contributed by atoms with E-state index in [1.165, 1.54) is 19.2 Å². The number of ether oxygens (including phenoxy) is 2. The predicted molar refractivity (Wildman–Crippen MR) is 78.2 cm³/mol. The van der Waals surface area contributed by atoms with E-state index in [1.54, 1.807) is 31.2 Å². The van der Waals surface area contributed by atoms with Gasteiger partial charge in [0.1, 0.15) is 17.1 Å². The van der Waals surface area contributed by atoms with E-state index in [0.29, 0.717) is 5.75 Å². The first-order chi connectivity index (χ1) is 10.0. The van der Waals surface area contributed by atoms with Crippen molar-refractivity contribution in [1.82, 2.24) is 0 Å². The molecule has 0 radical (unpaired) electrons. The maximum Gasteiger partial charge on any atom is 0.341 e. The molecule has 0 fully saturated rings. The van der Waals surface area contributed by atoms with Gasteiger partial charge in [0.15, 0.2) is 6.29 Å². The van der Waals surface area contributed by atoms with Crippen molar-refractivity contribution in [3.05, 3.63) is 60.2 Å². The summed E-state index contributed by atoms with van der Waals surface area (Å²) in [5.74, 6) is 0.111. The van der Waals surface area contributed by atoms with Crippen molar-refractivity contribution in [3.8, 4) is 11.5 Å². The number of carbonyl (C=O) groups is 1. The van der Waals surface area contributed by atoms with Crippen LogP contribution in [0.4, 0.5) is 0 Å². The summed E-state index contributed by atoms with van der Waals surface area (Å²) in [4.78, 5) is 10.9. The summed E-state index contributed by atoms with van der Waals surface area (Å²) in [7, 11) is 1.27. The van der Waals surface area contributed by atoms with E-state index < -0.39 is 12.3 Å². The van der Waals surface area contributed by atoms with Crippen LogP contribution in [0.25, 0.3) is 0 Å². The average molecular weight is 290 g/mol. The average Bonchev–Trinajstić information content (AvgIpc) is 2.48. The number of phenolic OH excluding ortho intramolecular Hbond substituents is 1. The van der Waals surface area contributed by atoms with Crippen LogP contribution in [-0.2, 0) is 4.74 Å². The molecule has 0 heterocycles. The third-order valence-electron chi connectivity index (χ3n) is 2.36. The Morgan fingerprint density at radius 2 is 1.62 bits per heavy atom. The first-order valence-corrected chi connectivity index (χ1v) is 6.30. The Hall–Kier alpha value is -2.53. The highest BCUT2D eigenvalue weighted by atomic mass is 16.6. The molecular formula is C16H18O5. The number of esters is 1. The Bertz CT molecular complexity index is 552. The van der Waals surface area contributed by atoms with Crippen LogP contribution >= 0.6 is 0 Å². The molecule has 0 aliphatic heterocycles.